The van der Waals surface area contributed by atoms with E-state index in [0.717, 1.165) is 5.69 Å². The SMILES string of the molecule is O=C(Nc1cccc(OCc2ccccn2)c1)c1ccc(F)cc1. The van der Waals surface area contributed by atoms with Crippen LogP contribution < -0.4 is 10.1 Å². The molecule has 0 aliphatic carbocycles. The highest BCUT2D eigenvalue weighted by molar-refractivity contribution is 6.04. The molecule has 24 heavy (non-hydrogen) atoms. The number of nitrogens with one attached hydrogen (secondary N) is 1. The maximum Gasteiger partial charge on any atom is 0.255 e. The molecule has 0 bridgehead atoms. The fourth-order valence-electron chi connectivity index (χ4n) is 2.11. The first-order chi connectivity index (χ1) is 11.7. The third-order valence-electron chi connectivity index (χ3n) is 3.31. The summed E-state index contributed by atoms with van der Waals surface area (Å²) in [5.41, 5.74) is 1.80. The molecule has 3 rings (SSSR count). The number of hydrogen-bond donors (Lipinski definition) is 1. The van der Waals surface area contributed by atoms with Crippen LogP contribution in [0.4, 0.5) is 10.1 Å². The van der Waals surface area contributed by atoms with Gasteiger partial charge in [-0.15, -0.1) is 0 Å². The molecule has 0 radical (unpaired) electrons. The van der Waals surface area contributed by atoms with E-state index >= 15 is 0 Å². The van der Waals surface area contributed by atoms with E-state index < -0.39 is 0 Å². The van der Waals surface area contributed by atoms with Crippen LogP contribution in [0.25, 0.3) is 0 Å². The van der Waals surface area contributed by atoms with Gasteiger partial charge in [-0.2, -0.15) is 0 Å². The number of rotatable bonds is 5. The molecule has 2 aromatic carbocycles. The van der Waals surface area contributed by atoms with Crippen LogP contribution in [0.15, 0.2) is 72.9 Å². The van der Waals surface area contributed by atoms with E-state index in [-0.39, 0.29) is 11.7 Å². The van der Waals surface area contributed by atoms with Crippen molar-refractivity contribution in [1.82, 2.24) is 4.98 Å². The third-order valence-corrected chi connectivity index (χ3v) is 3.31. The van der Waals surface area contributed by atoms with Gasteiger partial charge in [0.2, 0.25) is 0 Å². The first-order valence-corrected chi connectivity index (χ1v) is 7.40. The minimum atomic E-state index is -0.378. The molecule has 0 atom stereocenters. The van der Waals surface area contributed by atoms with E-state index in [4.69, 9.17) is 4.74 Å². The highest BCUT2D eigenvalue weighted by Crippen LogP contribution is 2.19. The number of pyridine rings is 1. The Morgan fingerprint density at radius 1 is 1.04 bits per heavy atom. The molecule has 0 aliphatic rings. The average molecular weight is 322 g/mol. The van der Waals surface area contributed by atoms with E-state index in [9.17, 15) is 9.18 Å². The monoisotopic (exact) mass is 322 g/mol. The lowest BCUT2D eigenvalue weighted by atomic mass is 10.2. The van der Waals surface area contributed by atoms with E-state index in [1.807, 2.05) is 18.2 Å². The Balaban J connectivity index is 1.64. The van der Waals surface area contributed by atoms with E-state index in [2.05, 4.69) is 10.3 Å². The first kappa shape index (κ1) is 15.7. The van der Waals surface area contributed by atoms with Crippen molar-refractivity contribution in [2.24, 2.45) is 0 Å². The molecule has 4 nitrogen and oxygen atoms in total. The van der Waals surface area contributed by atoms with Gasteiger partial charge in [-0.3, -0.25) is 9.78 Å². The number of amides is 1. The first-order valence-electron chi connectivity index (χ1n) is 7.40. The third kappa shape index (κ3) is 4.16. The number of carbonyl (C=O) groups excluding carboxylic acids is 1. The summed E-state index contributed by atoms with van der Waals surface area (Å²) in [4.78, 5) is 16.3. The normalized spacial score (nSPS) is 10.2. The zero-order valence-electron chi connectivity index (χ0n) is 12.8. The maximum absolute atomic E-state index is 12.9. The van der Waals surface area contributed by atoms with Gasteiger partial charge in [0.15, 0.2) is 0 Å². The van der Waals surface area contributed by atoms with Crippen LogP contribution in [-0.4, -0.2) is 10.9 Å². The van der Waals surface area contributed by atoms with Gasteiger partial charge >= 0.3 is 0 Å². The number of benzene rings is 2. The number of anilines is 1. The Labute approximate surface area is 138 Å². The molecule has 1 aromatic heterocycles. The van der Waals surface area contributed by atoms with Crippen LogP contribution in [0.5, 0.6) is 5.75 Å². The van der Waals surface area contributed by atoms with Crippen molar-refractivity contribution < 1.29 is 13.9 Å². The molecular weight excluding hydrogens is 307 g/mol. The second-order valence-electron chi connectivity index (χ2n) is 5.10. The highest BCUT2D eigenvalue weighted by atomic mass is 19.1. The molecule has 120 valence electrons. The van der Waals surface area contributed by atoms with Crippen molar-refractivity contribution in [3.8, 4) is 5.75 Å². The van der Waals surface area contributed by atoms with Gasteiger partial charge in [0.05, 0.1) is 5.69 Å². The lowest BCUT2D eigenvalue weighted by Gasteiger charge is -2.09. The van der Waals surface area contributed by atoms with Crippen molar-refractivity contribution in [2.75, 3.05) is 5.32 Å². The minimum absolute atomic E-state index is 0.308. The summed E-state index contributed by atoms with van der Waals surface area (Å²) in [6, 6.07) is 18.1. The quantitative estimate of drug-likeness (QED) is 0.771. The molecule has 0 saturated heterocycles. The van der Waals surface area contributed by atoms with Crippen molar-refractivity contribution in [3.63, 3.8) is 0 Å². The summed E-state index contributed by atoms with van der Waals surface area (Å²) in [7, 11) is 0. The number of nitrogens with zero attached hydrogens (tertiary/aromatic N) is 1. The largest absolute Gasteiger partial charge is 0.487 e. The number of halogens is 1. The fraction of sp³-hybridized carbons (Fsp3) is 0.0526. The van der Waals surface area contributed by atoms with Gasteiger partial charge in [0.25, 0.3) is 5.91 Å². The van der Waals surface area contributed by atoms with Crippen LogP contribution in [0.1, 0.15) is 16.1 Å². The second-order valence-corrected chi connectivity index (χ2v) is 5.10. The van der Waals surface area contributed by atoms with Gasteiger partial charge in [-0.05, 0) is 48.5 Å². The number of ether oxygens (including phenoxy) is 1. The van der Waals surface area contributed by atoms with Crippen LogP contribution in [0, 0.1) is 5.82 Å². The van der Waals surface area contributed by atoms with Crippen LogP contribution in [-0.2, 0) is 6.61 Å². The summed E-state index contributed by atoms with van der Waals surface area (Å²) in [5, 5.41) is 2.76. The number of hydrogen-bond acceptors (Lipinski definition) is 3. The topological polar surface area (TPSA) is 51.2 Å². The second kappa shape index (κ2) is 7.37. The van der Waals surface area contributed by atoms with Crippen molar-refractivity contribution in [1.29, 1.82) is 0 Å². The lowest BCUT2D eigenvalue weighted by molar-refractivity contribution is 0.102. The van der Waals surface area contributed by atoms with Gasteiger partial charge in [-0.1, -0.05) is 12.1 Å². The number of carbonyl (C=O) groups is 1. The Hall–Kier alpha value is -3.21. The summed E-state index contributed by atoms with van der Waals surface area (Å²) >= 11 is 0. The lowest BCUT2D eigenvalue weighted by Crippen LogP contribution is -2.11. The fourth-order valence-corrected chi connectivity index (χ4v) is 2.11. The van der Waals surface area contributed by atoms with Crippen LogP contribution in [0.3, 0.4) is 0 Å². The Kier molecular flexibility index (Phi) is 4.81. The number of aromatic nitrogens is 1. The van der Waals surface area contributed by atoms with E-state index in [1.165, 1.54) is 24.3 Å². The molecule has 1 heterocycles. The van der Waals surface area contributed by atoms with Crippen molar-refractivity contribution >= 4 is 11.6 Å². The van der Waals surface area contributed by atoms with Crippen LogP contribution >= 0.6 is 0 Å². The van der Waals surface area contributed by atoms with Gasteiger partial charge < -0.3 is 10.1 Å². The molecule has 0 fully saturated rings. The molecule has 0 aliphatic heterocycles. The van der Waals surface area contributed by atoms with Gasteiger partial charge in [-0.25, -0.2) is 4.39 Å². The predicted octanol–water partition coefficient (Wildman–Crippen LogP) is 4.05. The zero-order chi connectivity index (χ0) is 16.8. The maximum atomic E-state index is 12.9. The predicted molar refractivity (Wildman–Crippen MR) is 89.4 cm³/mol. The molecular formula is C19H15FN2O2. The highest BCUT2D eigenvalue weighted by Gasteiger charge is 2.07. The Bertz CT molecular complexity index is 820. The minimum Gasteiger partial charge on any atom is -0.487 e. The molecule has 1 amide bonds. The summed E-state index contributed by atoms with van der Waals surface area (Å²) in [6.07, 6.45) is 1.71. The molecule has 1 N–H and O–H groups in total. The van der Waals surface area contributed by atoms with Gasteiger partial charge in [0, 0.05) is 23.5 Å². The standard InChI is InChI=1S/C19H15FN2O2/c20-15-9-7-14(8-10-15)19(23)22-16-5-3-6-18(12-16)24-13-17-4-1-2-11-21-17/h1-12H,13H2,(H,22,23). The molecule has 3 aromatic rings. The van der Waals surface area contributed by atoms with Crippen molar-refractivity contribution in [2.45, 2.75) is 6.61 Å². The zero-order valence-corrected chi connectivity index (χ0v) is 12.8. The van der Waals surface area contributed by atoms with E-state index in [0.29, 0.717) is 23.6 Å². The molecule has 5 heteroatoms. The molecule has 0 saturated carbocycles. The summed E-state index contributed by atoms with van der Waals surface area (Å²) < 4.78 is 18.6. The Morgan fingerprint density at radius 2 is 1.88 bits per heavy atom. The van der Waals surface area contributed by atoms with Gasteiger partial charge in [0.1, 0.15) is 18.2 Å². The van der Waals surface area contributed by atoms with E-state index in [1.54, 1.807) is 30.5 Å². The average Bonchev–Trinajstić information content (AvgIpc) is 2.62. The van der Waals surface area contributed by atoms with Crippen LogP contribution in [0.2, 0.25) is 0 Å². The smallest absolute Gasteiger partial charge is 0.255 e. The Morgan fingerprint density at radius 3 is 2.62 bits per heavy atom. The van der Waals surface area contributed by atoms with Crippen molar-refractivity contribution in [3.05, 3.63) is 90.0 Å². The molecule has 0 unspecified atom stereocenters. The summed E-state index contributed by atoms with van der Waals surface area (Å²) in [5.74, 6) is -0.0640. The summed E-state index contributed by atoms with van der Waals surface area (Å²) in [6.45, 7) is 0.343. The molecule has 0 spiro atoms.